The van der Waals surface area contributed by atoms with Crippen molar-refractivity contribution in [2.45, 2.75) is 12.3 Å². The summed E-state index contributed by atoms with van der Waals surface area (Å²) in [5, 5.41) is 2.56. The van der Waals surface area contributed by atoms with Gasteiger partial charge in [0.2, 0.25) is 0 Å². The van der Waals surface area contributed by atoms with Gasteiger partial charge >= 0.3 is 0 Å². The summed E-state index contributed by atoms with van der Waals surface area (Å²) in [6, 6.07) is 49.8. The van der Waals surface area contributed by atoms with Crippen molar-refractivity contribution in [1.29, 1.82) is 0 Å². The van der Waals surface area contributed by atoms with Crippen molar-refractivity contribution in [3.63, 3.8) is 0 Å². The number of aromatic nitrogens is 1. The van der Waals surface area contributed by atoms with Gasteiger partial charge in [-0.05, 0) is 92.9 Å². The van der Waals surface area contributed by atoms with E-state index in [1.165, 1.54) is 71.9 Å². The molecule has 0 unspecified atom stereocenters. The zero-order valence-corrected chi connectivity index (χ0v) is 24.0. The van der Waals surface area contributed by atoms with E-state index in [9.17, 15) is 0 Å². The third-order valence-corrected chi connectivity index (χ3v) is 9.78. The molecule has 202 valence electrons. The molecule has 1 heteroatoms. The number of hydrogen-bond donors (Lipinski definition) is 0. The Balaban J connectivity index is 1.39. The van der Waals surface area contributed by atoms with Crippen LogP contribution in [0.15, 0.2) is 152 Å². The number of benzene rings is 6. The molecule has 0 aliphatic heterocycles. The summed E-state index contributed by atoms with van der Waals surface area (Å²) in [6.45, 7) is 6.06. The maximum Gasteiger partial charge on any atom is 0.0725 e. The molecule has 9 rings (SSSR count). The fourth-order valence-corrected chi connectivity index (χ4v) is 8.04. The fourth-order valence-electron chi connectivity index (χ4n) is 8.04. The summed E-state index contributed by atoms with van der Waals surface area (Å²) in [5.74, 6) is 0. The van der Waals surface area contributed by atoms with Crippen molar-refractivity contribution >= 4 is 27.4 Å². The molecule has 6 aromatic carbocycles. The second-order valence-electron chi connectivity index (χ2n) is 11.6. The van der Waals surface area contributed by atoms with Gasteiger partial charge in [0.1, 0.15) is 0 Å². The zero-order valence-electron chi connectivity index (χ0n) is 24.0. The zero-order chi connectivity index (χ0) is 28.7. The number of hydrogen-bond acceptors (Lipinski definition) is 0. The summed E-state index contributed by atoms with van der Waals surface area (Å²) in [5.41, 5.74) is 16.4. The van der Waals surface area contributed by atoms with Crippen LogP contribution in [0.3, 0.4) is 0 Å². The van der Waals surface area contributed by atoms with Crippen LogP contribution in [0.1, 0.15) is 34.7 Å². The molecule has 1 heterocycles. The average Bonchev–Trinajstić information content (AvgIpc) is 3.66. The topological polar surface area (TPSA) is 4.93 Å². The number of rotatable bonds is 3. The first-order chi connectivity index (χ1) is 21.3. The Kier molecular flexibility index (Phi) is 4.96. The van der Waals surface area contributed by atoms with E-state index in [1.54, 1.807) is 0 Å². The molecule has 1 aromatic heterocycles. The van der Waals surface area contributed by atoms with E-state index < -0.39 is 0 Å². The van der Waals surface area contributed by atoms with Crippen LogP contribution < -0.4 is 0 Å². The van der Waals surface area contributed by atoms with Crippen molar-refractivity contribution in [3.8, 4) is 27.9 Å². The molecule has 43 heavy (non-hydrogen) atoms. The molecule has 0 amide bonds. The van der Waals surface area contributed by atoms with Gasteiger partial charge < -0.3 is 4.57 Å². The quantitative estimate of drug-likeness (QED) is 0.194. The van der Waals surface area contributed by atoms with E-state index in [0.717, 1.165) is 11.3 Å². The average molecular weight is 548 g/mol. The number of nitrogens with zero attached hydrogens (tertiary/aromatic N) is 1. The largest absolute Gasteiger partial charge is 0.309 e. The highest BCUT2D eigenvalue weighted by atomic mass is 15.0. The highest BCUT2D eigenvalue weighted by Gasteiger charge is 2.51. The first-order valence-corrected chi connectivity index (χ1v) is 15.0. The van der Waals surface area contributed by atoms with Gasteiger partial charge in [-0.25, -0.2) is 0 Å². The highest BCUT2D eigenvalue weighted by molar-refractivity contribution is 6.12. The Labute approximate surface area is 251 Å². The normalized spacial score (nSPS) is 14.1. The molecular weight excluding hydrogens is 518 g/mol. The second kappa shape index (κ2) is 8.80. The summed E-state index contributed by atoms with van der Waals surface area (Å²) in [7, 11) is 0. The molecule has 2 aliphatic carbocycles. The lowest BCUT2D eigenvalue weighted by Gasteiger charge is -2.30. The van der Waals surface area contributed by atoms with Crippen LogP contribution >= 0.6 is 0 Å². The molecule has 0 bridgehead atoms. The van der Waals surface area contributed by atoms with E-state index in [0.29, 0.717) is 0 Å². The van der Waals surface area contributed by atoms with Crippen LogP contribution in [0.5, 0.6) is 0 Å². The molecule has 0 fully saturated rings. The Morgan fingerprint density at radius 3 is 1.72 bits per heavy atom. The minimum absolute atomic E-state index is 0.342. The maximum atomic E-state index is 4.00. The summed E-state index contributed by atoms with van der Waals surface area (Å²) in [4.78, 5) is 0. The van der Waals surface area contributed by atoms with Crippen LogP contribution in [-0.2, 0) is 5.41 Å². The third-order valence-electron chi connectivity index (χ3n) is 9.78. The molecule has 0 saturated carbocycles. The SMILES string of the molecule is C=C/C(=C\C)c1ccc(-n2c3ccccc3c3cc4c(cc32)-c2ccccc2C42c3ccccc3-c3ccccc32)cc1. The Morgan fingerprint density at radius 1 is 0.558 bits per heavy atom. The molecule has 7 aromatic rings. The van der Waals surface area contributed by atoms with Gasteiger partial charge in [-0.15, -0.1) is 0 Å². The number of para-hydroxylation sites is 1. The van der Waals surface area contributed by atoms with Gasteiger partial charge in [0, 0.05) is 16.5 Å². The Hall–Kier alpha value is -5.40. The molecule has 1 spiro atoms. The number of allylic oxidation sites excluding steroid dienone is 3. The first kappa shape index (κ1) is 24.2. The van der Waals surface area contributed by atoms with Crippen LogP contribution in [0.4, 0.5) is 0 Å². The van der Waals surface area contributed by atoms with Crippen LogP contribution in [-0.4, -0.2) is 4.57 Å². The standard InChI is InChI=1S/C42H29N/c1-3-27(4-2)28-21-23-29(24-22-28)43-40-20-12-8-16-33(40)35-25-39-34(26-41(35)43)32-15-7-11-19-38(32)42(39)36-17-9-5-13-30(36)31-14-6-10-18-37(31)42/h3-26H,1H2,2H3/b27-4+. The lowest BCUT2D eigenvalue weighted by Crippen LogP contribution is -2.25. The molecule has 0 N–H and O–H groups in total. The van der Waals surface area contributed by atoms with E-state index >= 15 is 0 Å². The van der Waals surface area contributed by atoms with Gasteiger partial charge in [-0.3, -0.25) is 0 Å². The second-order valence-corrected chi connectivity index (χ2v) is 11.6. The predicted molar refractivity (Wildman–Crippen MR) is 181 cm³/mol. The lowest BCUT2D eigenvalue weighted by molar-refractivity contribution is 0.795. The summed E-state index contributed by atoms with van der Waals surface area (Å²) < 4.78 is 2.43. The Morgan fingerprint density at radius 2 is 1.12 bits per heavy atom. The first-order valence-electron chi connectivity index (χ1n) is 15.0. The van der Waals surface area contributed by atoms with Crippen molar-refractivity contribution in [1.82, 2.24) is 4.57 Å². The fraction of sp³-hybridized carbons (Fsp3) is 0.0476. The maximum absolute atomic E-state index is 4.00. The van der Waals surface area contributed by atoms with Crippen LogP contribution in [0, 0.1) is 0 Å². The van der Waals surface area contributed by atoms with E-state index in [1.807, 2.05) is 6.08 Å². The van der Waals surface area contributed by atoms with Crippen molar-refractivity contribution in [2.75, 3.05) is 0 Å². The highest BCUT2D eigenvalue weighted by Crippen LogP contribution is 2.63. The van der Waals surface area contributed by atoms with E-state index in [2.05, 4.69) is 158 Å². The van der Waals surface area contributed by atoms with Crippen LogP contribution in [0.25, 0.3) is 55.3 Å². The smallest absolute Gasteiger partial charge is 0.0725 e. The Bertz CT molecular complexity index is 2260. The van der Waals surface area contributed by atoms with Crippen LogP contribution in [0.2, 0.25) is 0 Å². The lowest BCUT2D eigenvalue weighted by atomic mass is 9.70. The van der Waals surface area contributed by atoms with E-state index in [4.69, 9.17) is 0 Å². The molecule has 1 nitrogen and oxygen atoms in total. The minimum atomic E-state index is -0.342. The van der Waals surface area contributed by atoms with Gasteiger partial charge in [0.25, 0.3) is 0 Å². The van der Waals surface area contributed by atoms with Gasteiger partial charge in [0.05, 0.1) is 16.4 Å². The molecule has 0 atom stereocenters. The molecular formula is C42H29N. The molecule has 0 radical (unpaired) electrons. The van der Waals surface area contributed by atoms with Crippen molar-refractivity contribution in [3.05, 3.63) is 180 Å². The minimum Gasteiger partial charge on any atom is -0.309 e. The van der Waals surface area contributed by atoms with Crippen molar-refractivity contribution < 1.29 is 0 Å². The summed E-state index contributed by atoms with van der Waals surface area (Å²) >= 11 is 0. The molecule has 0 saturated heterocycles. The monoisotopic (exact) mass is 547 g/mol. The van der Waals surface area contributed by atoms with E-state index in [-0.39, 0.29) is 5.41 Å². The van der Waals surface area contributed by atoms with Gasteiger partial charge in [0.15, 0.2) is 0 Å². The number of fused-ring (bicyclic) bond motifs is 13. The molecule has 2 aliphatic rings. The summed E-state index contributed by atoms with van der Waals surface area (Å²) in [6.07, 6.45) is 4.03. The predicted octanol–water partition coefficient (Wildman–Crippen LogP) is 10.7. The van der Waals surface area contributed by atoms with Crippen molar-refractivity contribution in [2.24, 2.45) is 0 Å². The van der Waals surface area contributed by atoms with Gasteiger partial charge in [-0.1, -0.05) is 122 Å². The van der Waals surface area contributed by atoms with Gasteiger partial charge in [-0.2, -0.15) is 0 Å². The third kappa shape index (κ3) is 3.01.